The van der Waals surface area contributed by atoms with Crippen molar-refractivity contribution in [3.63, 3.8) is 0 Å². The first-order chi connectivity index (χ1) is 11.3. The van der Waals surface area contributed by atoms with Gasteiger partial charge in [-0.1, -0.05) is 17.7 Å². The molecule has 0 unspecified atom stereocenters. The van der Waals surface area contributed by atoms with Crippen molar-refractivity contribution < 1.29 is 19.1 Å². The Morgan fingerprint density at radius 3 is 2.33 bits per heavy atom. The van der Waals surface area contributed by atoms with Gasteiger partial charge in [0.15, 0.2) is 0 Å². The highest BCUT2D eigenvalue weighted by atomic mass is 16.4. The van der Waals surface area contributed by atoms with Crippen LogP contribution in [0.25, 0.3) is 0 Å². The van der Waals surface area contributed by atoms with Crippen LogP contribution in [0.2, 0.25) is 0 Å². The molecule has 0 fully saturated rings. The normalized spacial score (nSPS) is 10.9. The van der Waals surface area contributed by atoms with Crippen molar-refractivity contribution in [2.75, 3.05) is 18.9 Å². The number of amides is 1. The third-order valence-electron chi connectivity index (χ3n) is 3.65. The van der Waals surface area contributed by atoms with E-state index in [2.05, 4.69) is 5.32 Å². The summed E-state index contributed by atoms with van der Waals surface area (Å²) in [4.78, 5) is 24.8. The van der Waals surface area contributed by atoms with Gasteiger partial charge in [-0.05, 0) is 51.1 Å². The SMILES string of the molecule is Cc1cc(C)c(NC(=O)CN(C)Cc2ccc(C(=O)O)o2)c(C)c1. The first-order valence-corrected chi connectivity index (χ1v) is 7.64. The standard InChI is InChI=1S/C18H22N2O4/c1-11-7-12(2)17(13(3)8-11)19-16(21)10-20(4)9-14-5-6-15(24-14)18(22)23/h5-8H,9-10H2,1-4H3,(H,19,21)(H,22,23). The molecule has 2 rings (SSSR count). The van der Waals surface area contributed by atoms with Crippen molar-refractivity contribution in [3.8, 4) is 0 Å². The summed E-state index contributed by atoms with van der Waals surface area (Å²) in [6.45, 7) is 6.49. The number of benzene rings is 1. The molecule has 0 saturated carbocycles. The molecule has 1 heterocycles. The van der Waals surface area contributed by atoms with Crippen LogP contribution in [-0.4, -0.2) is 35.5 Å². The predicted molar refractivity (Wildman–Crippen MR) is 91.3 cm³/mol. The monoisotopic (exact) mass is 330 g/mol. The first kappa shape index (κ1) is 17.7. The number of carbonyl (C=O) groups excluding carboxylic acids is 1. The third kappa shape index (κ3) is 4.45. The van der Waals surface area contributed by atoms with Gasteiger partial charge in [-0.25, -0.2) is 4.79 Å². The zero-order valence-corrected chi connectivity index (χ0v) is 14.3. The topological polar surface area (TPSA) is 82.8 Å². The van der Waals surface area contributed by atoms with Crippen LogP contribution < -0.4 is 5.32 Å². The molecule has 1 aromatic heterocycles. The molecule has 0 radical (unpaired) electrons. The van der Waals surface area contributed by atoms with Crippen LogP contribution >= 0.6 is 0 Å². The number of anilines is 1. The molecular weight excluding hydrogens is 308 g/mol. The Hall–Kier alpha value is -2.60. The summed E-state index contributed by atoms with van der Waals surface area (Å²) in [5, 5.41) is 11.8. The average molecular weight is 330 g/mol. The number of carboxylic acids is 1. The van der Waals surface area contributed by atoms with E-state index in [-0.39, 0.29) is 18.2 Å². The number of rotatable bonds is 6. The lowest BCUT2D eigenvalue weighted by Gasteiger charge is -2.17. The van der Waals surface area contributed by atoms with Crippen molar-refractivity contribution in [2.24, 2.45) is 0 Å². The number of nitrogens with one attached hydrogen (secondary N) is 1. The number of aryl methyl sites for hydroxylation is 3. The molecule has 24 heavy (non-hydrogen) atoms. The average Bonchev–Trinajstić information content (AvgIpc) is 2.91. The molecule has 6 nitrogen and oxygen atoms in total. The zero-order valence-electron chi connectivity index (χ0n) is 14.3. The number of furan rings is 1. The minimum Gasteiger partial charge on any atom is -0.475 e. The Morgan fingerprint density at radius 2 is 1.79 bits per heavy atom. The van der Waals surface area contributed by atoms with Gasteiger partial charge in [0.25, 0.3) is 0 Å². The maximum Gasteiger partial charge on any atom is 0.371 e. The lowest BCUT2D eigenvalue weighted by atomic mass is 10.1. The molecule has 0 aliphatic carbocycles. The number of hydrogen-bond acceptors (Lipinski definition) is 4. The lowest BCUT2D eigenvalue weighted by Crippen LogP contribution is -2.30. The van der Waals surface area contributed by atoms with Crippen LogP contribution in [0.1, 0.15) is 33.0 Å². The van der Waals surface area contributed by atoms with Crippen LogP contribution in [0.4, 0.5) is 5.69 Å². The Bertz CT molecular complexity index is 741. The van der Waals surface area contributed by atoms with E-state index in [9.17, 15) is 9.59 Å². The molecule has 0 aliphatic rings. The van der Waals surface area contributed by atoms with Crippen molar-refractivity contribution in [1.82, 2.24) is 4.90 Å². The number of likely N-dealkylation sites (N-methyl/N-ethyl adjacent to an activating group) is 1. The second kappa shape index (κ2) is 7.31. The van der Waals surface area contributed by atoms with Gasteiger partial charge in [0.2, 0.25) is 11.7 Å². The Morgan fingerprint density at radius 1 is 1.17 bits per heavy atom. The molecule has 0 aliphatic heterocycles. The van der Waals surface area contributed by atoms with E-state index in [0.717, 1.165) is 22.4 Å². The molecular formula is C18H22N2O4. The highest BCUT2D eigenvalue weighted by Gasteiger charge is 2.14. The fourth-order valence-electron chi connectivity index (χ4n) is 2.70. The molecule has 2 N–H and O–H groups in total. The van der Waals surface area contributed by atoms with Crippen molar-refractivity contribution in [3.05, 3.63) is 52.5 Å². The smallest absolute Gasteiger partial charge is 0.371 e. The molecule has 0 atom stereocenters. The summed E-state index contributed by atoms with van der Waals surface area (Å²) in [6.07, 6.45) is 0. The quantitative estimate of drug-likeness (QED) is 0.851. The predicted octanol–water partition coefficient (Wildman–Crippen LogP) is 2.97. The summed E-state index contributed by atoms with van der Waals surface area (Å²) in [6, 6.07) is 7.07. The molecule has 1 aromatic carbocycles. The summed E-state index contributed by atoms with van der Waals surface area (Å²) in [5.41, 5.74) is 4.05. The second-order valence-electron chi connectivity index (χ2n) is 6.07. The van der Waals surface area contributed by atoms with Crippen LogP contribution in [0.15, 0.2) is 28.7 Å². The highest BCUT2D eigenvalue weighted by Crippen LogP contribution is 2.21. The van der Waals surface area contributed by atoms with Crippen LogP contribution in [-0.2, 0) is 11.3 Å². The zero-order chi connectivity index (χ0) is 17.9. The van der Waals surface area contributed by atoms with Gasteiger partial charge in [-0.2, -0.15) is 0 Å². The van der Waals surface area contributed by atoms with Crippen LogP contribution in [0.5, 0.6) is 0 Å². The Labute approximate surface area is 141 Å². The molecule has 6 heteroatoms. The van der Waals surface area contributed by atoms with Crippen molar-refractivity contribution in [1.29, 1.82) is 0 Å². The van der Waals surface area contributed by atoms with E-state index in [4.69, 9.17) is 9.52 Å². The van der Waals surface area contributed by atoms with Crippen LogP contribution in [0, 0.1) is 20.8 Å². The van der Waals surface area contributed by atoms with E-state index in [1.165, 1.54) is 6.07 Å². The van der Waals surface area contributed by atoms with E-state index in [0.29, 0.717) is 12.3 Å². The molecule has 0 saturated heterocycles. The van der Waals surface area contributed by atoms with E-state index >= 15 is 0 Å². The first-order valence-electron chi connectivity index (χ1n) is 7.64. The minimum absolute atomic E-state index is 0.103. The Balaban J connectivity index is 1.95. The summed E-state index contributed by atoms with van der Waals surface area (Å²) >= 11 is 0. The van der Waals surface area contributed by atoms with Gasteiger partial charge >= 0.3 is 5.97 Å². The summed E-state index contributed by atoms with van der Waals surface area (Å²) < 4.78 is 5.19. The van der Waals surface area contributed by atoms with Crippen molar-refractivity contribution in [2.45, 2.75) is 27.3 Å². The van der Waals surface area contributed by atoms with Gasteiger partial charge in [0.05, 0.1) is 13.1 Å². The molecule has 2 aromatic rings. The minimum atomic E-state index is -1.10. The third-order valence-corrected chi connectivity index (χ3v) is 3.65. The molecule has 0 spiro atoms. The number of carbonyl (C=O) groups is 2. The van der Waals surface area contributed by atoms with Gasteiger partial charge in [-0.15, -0.1) is 0 Å². The number of nitrogens with zero attached hydrogens (tertiary/aromatic N) is 1. The van der Waals surface area contributed by atoms with E-state index in [1.54, 1.807) is 18.0 Å². The summed E-state index contributed by atoms with van der Waals surface area (Å²) in [7, 11) is 1.78. The Kier molecular flexibility index (Phi) is 5.41. The number of hydrogen-bond donors (Lipinski definition) is 2. The maximum atomic E-state index is 12.2. The fourth-order valence-corrected chi connectivity index (χ4v) is 2.70. The number of carboxylic acid groups (broad SMARTS) is 1. The maximum absolute atomic E-state index is 12.2. The van der Waals surface area contributed by atoms with Gasteiger partial charge in [-0.3, -0.25) is 9.69 Å². The fraction of sp³-hybridized carbons (Fsp3) is 0.333. The van der Waals surface area contributed by atoms with E-state index in [1.807, 2.05) is 32.9 Å². The van der Waals surface area contributed by atoms with Crippen molar-refractivity contribution >= 4 is 17.6 Å². The number of aromatic carboxylic acids is 1. The molecule has 0 bridgehead atoms. The molecule has 128 valence electrons. The van der Waals surface area contributed by atoms with E-state index < -0.39 is 5.97 Å². The summed E-state index contributed by atoms with van der Waals surface area (Å²) in [5.74, 6) is -0.830. The highest BCUT2D eigenvalue weighted by molar-refractivity contribution is 5.93. The lowest BCUT2D eigenvalue weighted by molar-refractivity contribution is -0.117. The van der Waals surface area contributed by atoms with Gasteiger partial charge in [0.1, 0.15) is 5.76 Å². The second-order valence-corrected chi connectivity index (χ2v) is 6.07. The van der Waals surface area contributed by atoms with Gasteiger partial charge in [0, 0.05) is 5.69 Å². The largest absolute Gasteiger partial charge is 0.475 e. The van der Waals surface area contributed by atoms with Gasteiger partial charge < -0.3 is 14.8 Å². The van der Waals surface area contributed by atoms with Crippen LogP contribution in [0.3, 0.4) is 0 Å². The molecule has 1 amide bonds.